The van der Waals surface area contributed by atoms with E-state index in [9.17, 15) is 14.4 Å². The molecular weight excluding hydrogens is 332 g/mol. The number of carbonyl (C=O) groups is 3. The normalized spacial score (nSPS) is 20.0. The summed E-state index contributed by atoms with van der Waals surface area (Å²) in [5.41, 5.74) is 1.44. The molecule has 0 radical (unpaired) electrons. The summed E-state index contributed by atoms with van der Waals surface area (Å²) in [6.45, 7) is 4.45. The molecule has 2 fully saturated rings. The van der Waals surface area contributed by atoms with Crippen molar-refractivity contribution in [1.29, 1.82) is 0 Å². The summed E-state index contributed by atoms with van der Waals surface area (Å²) in [5, 5.41) is 5.71. The van der Waals surface area contributed by atoms with Gasteiger partial charge in [0.05, 0.1) is 5.92 Å². The fourth-order valence-corrected chi connectivity index (χ4v) is 3.50. The van der Waals surface area contributed by atoms with Crippen LogP contribution >= 0.6 is 0 Å². The second-order valence-corrected chi connectivity index (χ2v) is 6.85. The lowest BCUT2D eigenvalue weighted by atomic mass is 9.96. The van der Waals surface area contributed by atoms with Crippen LogP contribution in [0.4, 0.5) is 16.2 Å². The topological polar surface area (TPSA) is 81.8 Å². The molecule has 3 rings (SSSR count). The molecule has 1 aromatic carbocycles. The zero-order valence-electron chi connectivity index (χ0n) is 15.2. The quantitative estimate of drug-likeness (QED) is 0.846. The number of carbonyl (C=O) groups excluding carboxylic acids is 3. The van der Waals surface area contributed by atoms with Crippen molar-refractivity contribution in [1.82, 2.24) is 10.2 Å². The number of benzene rings is 1. The predicted molar refractivity (Wildman–Crippen MR) is 100 cm³/mol. The van der Waals surface area contributed by atoms with Gasteiger partial charge in [0.25, 0.3) is 0 Å². The minimum absolute atomic E-state index is 0.0676. The van der Waals surface area contributed by atoms with Crippen LogP contribution in [0.1, 0.15) is 32.6 Å². The third-order valence-electron chi connectivity index (χ3n) is 4.89. The summed E-state index contributed by atoms with van der Waals surface area (Å²) in [5.74, 6) is -0.127. The molecule has 2 N–H and O–H groups in total. The molecule has 2 saturated heterocycles. The highest BCUT2D eigenvalue weighted by molar-refractivity contribution is 5.96. The molecule has 7 heteroatoms. The molecule has 4 amide bonds. The van der Waals surface area contributed by atoms with Gasteiger partial charge in [0.2, 0.25) is 11.8 Å². The number of anilines is 2. The fraction of sp³-hybridized carbons (Fsp3) is 0.526. The van der Waals surface area contributed by atoms with Gasteiger partial charge < -0.3 is 15.5 Å². The summed E-state index contributed by atoms with van der Waals surface area (Å²) in [6, 6.07) is 7.19. The van der Waals surface area contributed by atoms with Crippen molar-refractivity contribution in [3.63, 3.8) is 0 Å². The number of amides is 4. The summed E-state index contributed by atoms with van der Waals surface area (Å²) in [7, 11) is 0. The number of rotatable bonds is 5. The number of hydrogen-bond donors (Lipinski definition) is 2. The molecule has 0 bridgehead atoms. The SMILES string of the molecule is CCCC(=O)N1CCCC(C(=O)Nc2cccc(N3CCNC3=O)c2)C1. The van der Waals surface area contributed by atoms with E-state index in [1.54, 1.807) is 4.90 Å². The standard InChI is InChI=1S/C19H26N4O3/c1-2-5-17(24)22-10-4-6-14(13-22)18(25)21-15-7-3-8-16(12-15)23-11-9-20-19(23)26/h3,7-8,12,14H,2,4-6,9-11,13H2,1H3,(H,20,26)(H,21,25). The predicted octanol–water partition coefficient (Wildman–Crippen LogP) is 2.19. The number of piperidine rings is 1. The van der Waals surface area contributed by atoms with E-state index < -0.39 is 0 Å². The van der Waals surface area contributed by atoms with Gasteiger partial charge in [-0.05, 0) is 37.5 Å². The molecule has 0 saturated carbocycles. The average molecular weight is 358 g/mol. The van der Waals surface area contributed by atoms with Gasteiger partial charge in [-0.2, -0.15) is 0 Å². The smallest absolute Gasteiger partial charge is 0.321 e. The second-order valence-electron chi connectivity index (χ2n) is 6.85. The molecule has 140 valence electrons. The summed E-state index contributed by atoms with van der Waals surface area (Å²) in [6.07, 6.45) is 2.99. The van der Waals surface area contributed by atoms with Crippen LogP contribution in [0.3, 0.4) is 0 Å². The Morgan fingerprint density at radius 1 is 1.31 bits per heavy atom. The number of likely N-dealkylation sites (tertiary alicyclic amines) is 1. The van der Waals surface area contributed by atoms with Crippen LogP contribution in [0.25, 0.3) is 0 Å². The Morgan fingerprint density at radius 2 is 2.15 bits per heavy atom. The molecule has 1 unspecified atom stereocenters. The van der Waals surface area contributed by atoms with E-state index >= 15 is 0 Å². The average Bonchev–Trinajstić information content (AvgIpc) is 3.08. The zero-order chi connectivity index (χ0) is 18.5. The Morgan fingerprint density at radius 3 is 2.88 bits per heavy atom. The van der Waals surface area contributed by atoms with E-state index in [1.807, 2.05) is 36.1 Å². The van der Waals surface area contributed by atoms with E-state index in [2.05, 4.69) is 10.6 Å². The van der Waals surface area contributed by atoms with Gasteiger partial charge >= 0.3 is 6.03 Å². The molecule has 0 aliphatic carbocycles. The van der Waals surface area contributed by atoms with Gasteiger partial charge in [-0.25, -0.2) is 4.79 Å². The Hall–Kier alpha value is -2.57. The highest BCUT2D eigenvalue weighted by Crippen LogP contribution is 2.23. The van der Waals surface area contributed by atoms with Gasteiger partial charge in [-0.3, -0.25) is 14.5 Å². The summed E-state index contributed by atoms with van der Waals surface area (Å²) >= 11 is 0. The maximum atomic E-state index is 12.6. The van der Waals surface area contributed by atoms with Gasteiger partial charge in [0.1, 0.15) is 0 Å². The Labute approximate surface area is 153 Å². The minimum Gasteiger partial charge on any atom is -0.342 e. The van der Waals surface area contributed by atoms with Crippen LogP contribution in [-0.2, 0) is 9.59 Å². The summed E-state index contributed by atoms with van der Waals surface area (Å²) < 4.78 is 0. The van der Waals surface area contributed by atoms with Crippen molar-refractivity contribution in [3.8, 4) is 0 Å². The molecule has 2 aliphatic heterocycles. The Kier molecular flexibility index (Phi) is 5.75. The number of hydrogen-bond acceptors (Lipinski definition) is 3. The fourth-order valence-electron chi connectivity index (χ4n) is 3.50. The lowest BCUT2D eigenvalue weighted by Gasteiger charge is -2.32. The summed E-state index contributed by atoms with van der Waals surface area (Å²) in [4.78, 5) is 40.0. The molecule has 1 atom stereocenters. The van der Waals surface area contributed by atoms with E-state index in [0.29, 0.717) is 31.7 Å². The van der Waals surface area contributed by atoms with Crippen molar-refractivity contribution >= 4 is 29.2 Å². The second kappa shape index (κ2) is 8.21. The van der Waals surface area contributed by atoms with Crippen LogP contribution in [0.15, 0.2) is 24.3 Å². The highest BCUT2D eigenvalue weighted by atomic mass is 16.2. The zero-order valence-corrected chi connectivity index (χ0v) is 15.2. The highest BCUT2D eigenvalue weighted by Gasteiger charge is 2.28. The van der Waals surface area contributed by atoms with Gasteiger partial charge in [0.15, 0.2) is 0 Å². The van der Waals surface area contributed by atoms with Crippen molar-refractivity contribution in [2.75, 3.05) is 36.4 Å². The first-order valence-electron chi connectivity index (χ1n) is 9.32. The van der Waals surface area contributed by atoms with E-state index in [1.165, 1.54) is 0 Å². The van der Waals surface area contributed by atoms with Crippen molar-refractivity contribution < 1.29 is 14.4 Å². The van der Waals surface area contributed by atoms with E-state index in [0.717, 1.165) is 31.5 Å². The molecule has 1 aromatic rings. The molecule has 7 nitrogen and oxygen atoms in total. The van der Waals surface area contributed by atoms with E-state index in [4.69, 9.17) is 0 Å². The third kappa shape index (κ3) is 4.15. The van der Waals surface area contributed by atoms with Gasteiger partial charge in [-0.15, -0.1) is 0 Å². The van der Waals surface area contributed by atoms with Crippen LogP contribution < -0.4 is 15.5 Å². The van der Waals surface area contributed by atoms with Crippen molar-refractivity contribution in [2.24, 2.45) is 5.92 Å². The largest absolute Gasteiger partial charge is 0.342 e. The van der Waals surface area contributed by atoms with Crippen LogP contribution in [0.5, 0.6) is 0 Å². The van der Waals surface area contributed by atoms with Gasteiger partial charge in [0, 0.05) is 44.0 Å². The molecule has 2 aliphatic rings. The number of nitrogens with one attached hydrogen (secondary N) is 2. The lowest BCUT2D eigenvalue weighted by Crippen LogP contribution is -2.43. The third-order valence-corrected chi connectivity index (χ3v) is 4.89. The first-order chi connectivity index (χ1) is 12.6. The Balaban J connectivity index is 1.62. The van der Waals surface area contributed by atoms with Crippen LogP contribution in [0, 0.1) is 5.92 Å². The first-order valence-corrected chi connectivity index (χ1v) is 9.32. The Bertz CT molecular complexity index is 691. The van der Waals surface area contributed by atoms with Crippen molar-refractivity contribution in [2.45, 2.75) is 32.6 Å². The molecule has 2 heterocycles. The van der Waals surface area contributed by atoms with Gasteiger partial charge in [-0.1, -0.05) is 13.0 Å². The number of nitrogens with zero attached hydrogens (tertiary/aromatic N) is 2. The first kappa shape index (κ1) is 18.2. The minimum atomic E-state index is -0.191. The van der Waals surface area contributed by atoms with Crippen LogP contribution in [0.2, 0.25) is 0 Å². The molecule has 26 heavy (non-hydrogen) atoms. The molecule has 0 aromatic heterocycles. The maximum absolute atomic E-state index is 12.6. The van der Waals surface area contributed by atoms with E-state index in [-0.39, 0.29) is 23.8 Å². The molecule has 0 spiro atoms. The van der Waals surface area contributed by atoms with Crippen LogP contribution in [-0.4, -0.2) is 48.9 Å². The number of urea groups is 1. The monoisotopic (exact) mass is 358 g/mol. The molecular formula is C19H26N4O3. The maximum Gasteiger partial charge on any atom is 0.321 e. The van der Waals surface area contributed by atoms with Crippen molar-refractivity contribution in [3.05, 3.63) is 24.3 Å². The lowest BCUT2D eigenvalue weighted by molar-refractivity contribution is -0.134.